The van der Waals surface area contributed by atoms with Crippen LogP contribution >= 0.6 is 23.2 Å². The normalized spacial score (nSPS) is 21.5. The fourth-order valence-electron chi connectivity index (χ4n) is 1.84. The summed E-state index contributed by atoms with van der Waals surface area (Å²) in [7, 11) is -3.73. The van der Waals surface area contributed by atoms with E-state index in [1.165, 1.54) is 22.5 Å². The third-order valence-electron chi connectivity index (χ3n) is 2.82. The van der Waals surface area contributed by atoms with Gasteiger partial charge < -0.3 is 9.84 Å². The fraction of sp³-hybridized carbons (Fsp3) is 0.455. The predicted octanol–water partition coefficient (Wildman–Crippen LogP) is 1.38. The molecule has 1 heterocycles. The third-order valence-corrected chi connectivity index (χ3v) is 5.40. The van der Waals surface area contributed by atoms with E-state index in [1.54, 1.807) is 0 Å². The molecular weight excluding hydrogens is 313 g/mol. The number of ether oxygens (including phenoxy) is 1. The molecule has 106 valence electrons. The first-order valence-corrected chi connectivity index (χ1v) is 7.82. The minimum absolute atomic E-state index is 0.0275. The first-order chi connectivity index (χ1) is 8.95. The Hall–Kier alpha value is -0.370. The zero-order valence-electron chi connectivity index (χ0n) is 9.92. The Bertz CT molecular complexity index is 564. The van der Waals surface area contributed by atoms with Crippen molar-refractivity contribution in [2.45, 2.75) is 11.0 Å². The summed E-state index contributed by atoms with van der Waals surface area (Å²) in [6, 6.07) is 4.29. The van der Waals surface area contributed by atoms with Gasteiger partial charge in [0.05, 0.1) is 24.3 Å². The molecular formula is C11H13Cl2NO4S. The molecule has 1 aliphatic rings. The number of benzene rings is 1. The second kappa shape index (κ2) is 5.95. The van der Waals surface area contributed by atoms with Gasteiger partial charge in [-0.15, -0.1) is 0 Å². The standard InChI is InChI=1S/C11H13Cl2NO4S/c12-8-1-2-10(13)11(5-8)19(16,17)14-3-4-18-9(6-14)7-15/h1-2,5,9,15H,3-4,6-7H2. The van der Waals surface area contributed by atoms with Crippen LogP contribution in [0.25, 0.3) is 0 Å². The van der Waals surface area contributed by atoms with E-state index in [0.717, 1.165) is 0 Å². The van der Waals surface area contributed by atoms with Crippen LogP contribution in [0, 0.1) is 0 Å². The number of morpholine rings is 1. The van der Waals surface area contributed by atoms with Crippen LogP contribution in [0.2, 0.25) is 10.0 Å². The minimum Gasteiger partial charge on any atom is -0.394 e. The summed E-state index contributed by atoms with van der Waals surface area (Å²) in [5.41, 5.74) is 0. The molecule has 8 heteroatoms. The highest BCUT2D eigenvalue weighted by Gasteiger charge is 2.32. The molecule has 1 N–H and O–H groups in total. The summed E-state index contributed by atoms with van der Waals surface area (Å²) < 4.78 is 31.4. The number of aliphatic hydroxyl groups is 1. The van der Waals surface area contributed by atoms with E-state index in [4.69, 9.17) is 33.0 Å². The van der Waals surface area contributed by atoms with Crippen LogP contribution in [0.15, 0.2) is 23.1 Å². The van der Waals surface area contributed by atoms with Gasteiger partial charge in [-0.05, 0) is 18.2 Å². The monoisotopic (exact) mass is 325 g/mol. The average Bonchev–Trinajstić information content (AvgIpc) is 2.41. The lowest BCUT2D eigenvalue weighted by atomic mass is 10.3. The molecule has 0 amide bonds. The Morgan fingerprint density at radius 1 is 1.42 bits per heavy atom. The Morgan fingerprint density at radius 3 is 2.84 bits per heavy atom. The molecule has 0 saturated carbocycles. The lowest BCUT2D eigenvalue weighted by Gasteiger charge is -2.31. The summed E-state index contributed by atoms with van der Waals surface area (Å²) in [5.74, 6) is 0. The molecule has 1 atom stereocenters. The zero-order valence-corrected chi connectivity index (χ0v) is 12.2. The van der Waals surface area contributed by atoms with Gasteiger partial charge in [-0.2, -0.15) is 4.31 Å². The minimum atomic E-state index is -3.73. The van der Waals surface area contributed by atoms with Crippen molar-refractivity contribution < 1.29 is 18.3 Å². The molecule has 1 aromatic rings. The zero-order chi connectivity index (χ0) is 14.0. The Morgan fingerprint density at radius 2 is 2.16 bits per heavy atom. The second-order valence-electron chi connectivity index (χ2n) is 4.11. The average molecular weight is 326 g/mol. The second-order valence-corrected chi connectivity index (χ2v) is 6.86. The van der Waals surface area contributed by atoms with Gasteiger partial charge in [0.25, 0.3) is 0 Å². The molecule has 5 nitrogen and oxygen atoms in total. The fourth-order valence-corrected chi connectivity index (χ4v) is 4.03. The van der Waals surface area contributed by atoms with Crippen LogP contribution in [-0.2, 0) is 14.8 Å². The molecule has 1 unspecified atom stereocenters. The van der Waals surface area contributed by atoms with Crippen LogP contribution in [0.3, 0.4) is 0 Å². The maximum absolute atomic E-state index is 12.5. The van der Waals surface area contributed by atoms with Gasteiger partial charge in [-0.25, -0.2) is 8.42 Å². The van der Waals surface area contributed by atoms with Crippen molar-refractivity contribution in [2.24, 2.45) is 0 Å². The molecule has 19 heavy (non-hydrogen) atoms. The van der Waals surface area contributed by atoms with E-state index in [2.05, 4.69) is 0 Å². The van der Waals surface area contributed by atoms with E-state index in [-0.39, 0.29) is 36.2 Å². The maximum atomic E-state index is 12.5. The number of nitrogens with zero attached hydrogens (tertiary/aromatic N) is 1. The number of hydrogen-bond acceptors (Lipinski definition) is 4. The molecule has 0 radical (unpaired) electrons. The number of aliphatic hydroxyl groups excluding tert-OH is 1. The van der Waals surface area contributed by atoms with Crippen LogP contribution in [0.1, 0.15) is 0 Å². The van der Waals surface area contributed by atoms with Gasteiger partial charge in [0.1, 0.15) is 4.90 Å². The van der Waals surface area contributed by atoms with Crippen molar-refractivity contribution in [2.75, 3.05) is 26.3 Å². The Balaban J connectivity index is 2.34. The summed E-state index contributed by atoms with van der Waals surface area (Å²) >= 11 is 11.7. The van der Waals surface area contributed by atoms with Crippen LogP contribution in [0.5, 0.6) is 0 Å². The van der Waals surface area contributed by atoms with Gasteiger partial charge in [0.15, 0.2) is 0 Å². The number of sulfonamides is 1. The van der Waals surface area contributed by atoms with E-state index < -0.39 is 16.1 Å². The largest absolute Gasteiger partial charge is 0.394 e. The molecule has 0 spiro atoms. The van der Waals surface area contributed by atoms with Gasteiger partial charge in [-0.3, -0.25) is 0 Å². The summed E-state index contributed by atoms with van der Waals surface area (Å²) in [4.78, 5) is -0.0275. The highest BCUT2D eigenvalue weighted by atomic mass is 35.5. The first kappa shape index (κ1) is 15.0. The summed E-state index contributed by atoms with van der Waals surface area (Å²) in [5, 5.41) is 9.47. The van der Waals surface area contributed by atoms with E-state index in [0.29, 0.717) is 5.02 Å². The highest BCUT2D eigenvalue weighted by molar-refractivity contribution is 7.89. The van der Waals surface area contributed by atoms with Crippen molar-refractivity contribution in [1.82, 2.24) is 4.31 Å². The third kappa shape index (κ3) is 3.21. The molecule has 1 aliphatic heterocycles. The number of halogens is 2. The van der Waals surface area contributed by atoms with Crippen molar-refractivity contribution >= 4 is 33.2 Å². The maximum Gasteiger partial charge on any atom is 0.244 e. The van der Waals surface area contributed by atoms with Crippen molar-refractivity contribution in [3.63, 3.8) is 0 Å². The Kier molecular flexibility index (Phi) is 4.70. The molecule has 1 aromatic carbocycles. The molecule has 1 saturated heterocycles. The van der Waals surface area contributed by atoms with Gasteiger partial charge in [0, 0.05) is 18.1 Å². The van der Waals surface area contributed by atoms with Gasteiger partial charge >= 0.3 is 0 Å². The smallest absolute Gasteiger partial charge is 0.244 e. The quantitative estimate of drug-likeness (QED) is 0.911. The van der Waals surface area contributed by atoms with Crippen LogP contribution < -0.4 is 0 Å². The summed E-state index contributed by atoms with van der Waals surface area (Å²) in [6.07, 6.45) is -0.513. The van der Waals surface area contributed by atoms with Crippen molar-refractivity contribution in [3.8, 4) is 0 Å². The number of hydrogen-bond donors (Lipinski definition) is 1. The van der Waals surface area contributed by atoms with Crippen LogP contribution in [0.4, 0.5) is 0 Å². The molecule has 0 aromatic heterocycles. The van der Waals surface area contributed by atoms with Gasteiger partial charge in [-0.1, -0.05) is 23.2 Å². The Labute approximate surface area is 121 Å². The first-order valence-electron chi connectivity index (χ1n) is 5.63. The van der Waals surface area contributed by atoms with Gasteiger partial charge in [0.2, 0.25) is 10.0 Å². The van der Waals surface area contributed by atoms with E-state index >= 15 is 0 Å². The molecule has 0 bridgehead atoms. The van der Waals surface area contributed by atoms with Crippen molar-refractivity contribution in [3.05, 3.63) is 28.2 Å². The summed E-state index contributed by atoms with van der Waals surface area (Å²) in [6.45, 7) is 0.335. The van der Waals surface area contributed by atoms with E-state index in [1.807, 2.05) is 0 Å². The lowest BCUT2D eigenvalue weighted by molar-refractivity contribution is -0.0304. The number of rotatable bonds is 3. The van der Waals surface area contributed by atoms with Crippen LogP contribution in [-0.4, -0.2) is 50.2 Å². The molecule has 0 aliphatic carbocycles. The highest BCUT2D eigenvalue weighted by Crippen LogP contribution is 2.28. The predicted molar refractivity (Wildman–Crippen MR) is 72.0 cm³/mol. The van der Waals surface area contributed by atoms with Crippen molar-refractivity contribution in [1.29, 1.82) is 0 Å². The SMILES string of the molecule is O=S(=O)(c1cc(Cl)ccc1Cl)N1CCOC(CO)C1. The molecule has 2 rings (SSSR count). The molecule has 1 fully saturated rings. The lowest BCUT2D eigenvalue weighted by Crippen LogP contribution is -2.46. The van der Waals surface area contributed by atoms with E-state index in [9.17, 15) is 8.42 Å². The topological polar surface area (TPSA) is 66.8 Å².